The number of ether oxygens (including phenoxy) is 1. The van der Waals surface area contributed by atoms with Gasteiger partial charge in [-0.1, -0.05) is 11.6 Å². The lowest BCUT2D eigenvalue weighted by Gasteiger charge is -2.36. The van der Waals surface area contributed by atoms with E-state index in [0.29, 0.717) is 6.54 Å². The first-order valence-electron chi connectivity index (χ1n) is 5.39. The summed E-state index contributed by atoms with van der Waals surface area (Å²) in [5.41, 5.74) is 5.89. The van der Waals surface area contributed by atoms with Gasteiger partial charge in [0, 0.05) is 24.6 Å². The molecule has 1 saturated heterocycles. The van der Waals surface area contributed by atoms with Gasteiger partial charge in [0.2, 0.25) is 0 Å². The largest absolute Gasteiger partial charge is 0.379 e. The van der Waals surface area contributed by atoms with Crippen molar-refractivity contribution in [2.24, 2.45) is 5.73 Å². The Labute approximate surface area is 105 Å². The fourth-order valence-electron chi connectivity index (χ4n) is 2.05. The molecule has 1 aliphatic heterocycles. The number of rotatable bonds is 4. The van der Waals surface area contributed by atoms with Crippen molar-refractivity contribution in [2.45, 2.75) is 18.5 Å². The molecular formula is C11H17ClN2OS. The Morgan fingerprint density at radius 2 is 2.44 bits per heavy atom. The molecule has 2 heterocycles. The van der Waals surface area contributed by atoms with Crippen molar-refractivity contribution < 1.29 is 4.74 Å². The van der Waals surface area contributed by atoms with Crippen molar-refractivity contribution in [1.29, 1.82) is 0 Å². The van der Waals surface area contributed by atoms with Crippen molar-refractivity contribution in [3.63, 3.8) is 0 Å². The lowest BCUT2D eigenvalue weighted by molar-refractivity contribution is 0.0890. The Balaban J connectivity index is 2.03. The van der Waals surface area contributed by atoms with Crippen LogP contribution in [0.1, 0.15) is 11.3 Å². The highest BCUT2D eigenvalue weighted by atomic mass is 35.5. The van der Waals surface area contributed by atoms with Gasteiger partial charge in [-0.25, -0.2) is 0 Å². The lowest BCUT2D eigenvalue weighted by atomic mass is 9.97. The highest BCUT2D eigenvalue weighted by molar-refractivity contribution is 7.16. The summed E-state index contributed by atoms with van der Waals surface area (Å²) in [6.07, 6.45) is 1.01. The van der Waals surface area contributed by atoms with Crippen molar-refractivity contribution in [2.75, 3.05) is 26.8 Å². The van der Waals surface area contributed by atoms with Crippen LogP contribution in [0.2, 0.25) is 4.34 Å². The Morgan fingerprint density at radius 1 is 1.62 bits per heavy atom. The molecule has 0 spiro atoms. The fourth-order valence-corrected chi connectivity index (χ4v) is 3.19. The lowest BCUT2D eigenvalue weighted by Crippen LogP contribution is -2.52. The Bertz CT molecular complexity index is 350. The summed E-state index contributed by atoms with van der Waals surface area (Å²) in [5, 5.41) is 0. The maximum atomic E-state index is 5.92. The van der Waals surface area contributed by atoms with Crippen LogP contribution in [0.5, 0.6) is 0 Å². The summed E-state index contributed by atoms with van der Waals surface area (Å²) in [6, 6.07) is 4.01. The second-order valence-corrected chi connectivity index (χ2v) is 6.09. The van der Waals surface area contributed by atoms with Gasteiger partial charge in [0.25, 0.3) is 0 Å². The van der Waals surface area contributed by atoms with E-state index in [1.807, 2.05) is 6.07 Å². The average Bonchev–Trinajstić information content (AvgIpc) is 2.88. The smallest absolute Gasteiger partial charge is 0.0931 e. The summed E-state index contributed by atoms with van der Waals surface area (Å²) in [5.74, 6) is 0. The number of nitrogens with zero attached hydrogens (tertiary/aromatic N) is 1. The van der Waals surface area contributed by atoms with Crippen LogP contribution in [0.3, 0.4) is 0 Å². The van der Waals surface area contributed by atoms with Gasteiger partial charge in [0.05, 0.1) is 16.5 Å². The molecule has 1 atom stereocenters. The van der Waals surface area contributed by atoms with E-state index in [2.05, 4.69) is 18.0 Å². The molecule has 0 amide bonds. The highest BCUT2D eigenvalue weighted by Gasteiger charge is 2.37. The monoisotopic (exact) mass is 260 g/mol. The standard InChI is InChI=1S/C11H17ClN2OS/c1-14(6-9-2-3-10(12)16-9)11(7-13)4-5-15-8-11/h2-3H,4-8,13H2,1H3. The summed E-state index contributed by atoms with van der Waals surface area (Å²) in [6.45, 7) is 3.08. The number of hydrogen-bond donors (Lipinski definition) is 1. The number of halogens is 1. The minimum Gasteiger partial charge on any atom is -0.379 e. The van der Waals surface area contributed by atoms with E-state index >= 15 is 0 Å². The molecule has 1 unspecified atom stereocenters. The van der Waals surface area contributed by atoms with E-state index in [1.165, 1.54) is 4.88 Å². The first-order valence-corrected chi connectivity index (χ1v) is 6.59. The third kappa shape index (κ3) is 2.41. The zero-order valence-electron chi connectivity index (χ0n) is 9.41. The highest BCUT2D eigenvalue weighted by Crippen LogP contribution is 2.28. The zero-order valence-corrected chi connectivity index (χ0v) is 11.0. The van der Waals surface area contributed by atoms with E-state index in [-0.39, 0.29) is 5.54 Å². The predicted molar refractivity (Wildman–Crippen MR) is 68.0 cm³/mol. The average molecular weight is 261 g/mol. The van der Waals surface area contributed by atoms with Gasteiger partial charge in [-0.05, 0) is 25.6 Å². The molecule has 1 aromatic rings. The van der Waals surface area contributed by atoms with E-state index < -0.39 is 0 Å². The molecule has 0 radical (unpaired) electrons. The molecule has 0 aliphatic carbocycles. The van der Waals surface area contributed by atoms with Crippen LogP contribution in [-0.4, -0.2) is 37.2 Å². The second-order valence-electron chi connectivity index (χ2n) is 4.29. The van der Waals surface area contributed by atoms with Gasteiger partial charge < -0.3 is 10.5 Å². The maximum Gasteiger partial charge on any atom is 0.0931 e. The Kier molecular flexibility index (Phi) is 3.87. The van der Waals surface area contributed by atoms with Gasteiger partial charge in [-0.15, -0.1) is 11.3 Å². The molecule has 1 aromatic heterocycles. The molecule has 0 aromatic carbocycles. The molecule has 1 fully saturated rings. The van der Waals surface area contributed by atoms with E-state index in [0.717, 1.165) is 30.5 Å². The normalized spacial score (nSPS) is 25.5. The molecule has 16 heavy (non-hydrogen) atoms. The van der Waals surface area contributed by atoms with E-state index in [4.69, 9.17) is 22.1 Å². The Morgan fingerprint density at radius 3 is 2.94 bits per heavy atom. The summed E-state index contributed by atoms with van der Waals surface area (Å²) in [7, 11) is 2.11. The van der Waals surface area contributed by atoms with Gasteiger partial charge in [-0.3, -0.25) is 4.90 Å². The van der Waals surface area contributed by atoms with Gasteiger partial charge in [0.15, 0.2) is 0 Å². The first-order chi connectivity index (χ1) is 7.66. The third-order valence-corrected chi connectivity index (χ3v) is 4.51. The number of nitrogens with two attached hydrogens (primary N) is 1. The topological polar surface area (TPSA) is 38.5 Å². The molecule has 90 valence electrons. The van der Waals surface area contributed by atoms with Crippen molar-refractivity contribution in [1.82, 2.24) is 4.90 Å². The fraction of sp³-hybridized carbons (Fsp3) is 0.636. The van der Waals surface area contributed by atoms with Crippen molar-refractivity contribution >= 4 is 22.9 Å². The second kappa shape index (κ2) is 5.02. The maximum absolute atomic E-state index is 5.92. The molecule has 2 N–H and O–H groups in total. The van der Waals surface area contributed by atoms with Gasteiger partial charge in [-0.2, -0.15) is 0 Å². The molecule has 1 aliphatic rings. The zero-order chi connectivity index (χ0) is 11.6. The minimum absolute atomic E-state index is 0.0104. The third-order valence-electron chi connectivity index (χ3n) is 3.29. The minimum atomic E-state index is 0.0104. The van der Waals surface area contributed by atoms with Crippen LogP contribution in [0.25, 0.3) is 0 Å². The van der Waals surface area contributed by atoms with Crippen LogP contribution in [0.4, 0.5) is 0 Å². The van der Waals surface area contributed by atoms with Crippen LogP contribution < -0.4 is 5.73 Å². The van der Waals surface area contributed by atoms with Gasteiger partial charge >= 0.3 is 0 Å². The van der Waals surface area contributed by atoms with Crippen LogP contribution >= 0.6 is 22.9 Å². The molecule has 0 bridgehead atoms. The first kappa shape index (κ1) is 12.3. The Hall–Kier alpha value is -0.130. The number of likely N-dealkylation sites (N-methyl/N-ethyl adjacent to an activating group) is 1. The van der Waals surface area contributed by atoms with Crippen molar-refractivity contribution in [3.05, 3.63) is 21.3 Å². The van der Waals surface area contributed by atoms with Crippen molar-refractivity contribution in [3.8, 4) is 0 Å². The summed E-state index contributed by atoms with van der Waals surface area (Å²) in [4.78, 5) is 3.56. The SMILES string of the molecule is CN(Cc1ccc(Cl)s1)C1(CN)CCOC1. The number of hydrogen-bond acceptors (Lipinski definition) is 4. The van der Waals surface area contributed by atoms with Gasteiger partial charge in [0.1, 0.15) is 0 Å². The quantitative estimate of drug-likeness (QED) is 0.899. The van der Waals surface area contributed by atoms with E-state index in [1.54, 1.807) is 11.3 Å². The summed E-state index contributed by atoms with van der Waals surface area (Å²) >= 11 is 7.55. The number of thiophene rings is 1. The van der Waals surface area contributed by atoms with Crippen LogP contribution in [-0.2, 0) is 11.3 Å². The molecular weight excluding hydrogens is 244 g/mol. The summed E-state index contributed by atoms with van der Waals surface area (Å²) < 4.78 is 6.31. The van der Waals surface area contributed by atoms with E-state index in [9.17, 15) is 0 Å². The molecule has 2 rings (SSSR count). The van der Waals surface area contributed by atoms with Crippen LogP contribution in [0.15, 0.2) is 12.1 Å². The molecule has 5 heteroatoms. The molecule has 3 nitrogen and oxygen atoms in total. The predicted octanol–water partition coefficient (Wildman–Crippen LogP) is 1.95. The molecule has 0 saturated carbocycles. The van der Waals surface area contributed by atoms with Crippen LogP contribution in [0, 0.1) is 0 Å².